The third kappa shape index (κ3) is 2.65. The van der Waals surface area contributed by atoms with E-state index < -0.39 is 30.3 Å². The number of nitrogens with one attached hydrogen (secondary N) is 2. The second kappa shape index (κ2) is 4.56. The summed E-state index contributed by atoms with van der Waals surface area (Å²) in [7, 11) is 0. The summed E-state index contributed by atoms with van der Waals surface area (Å²) >= 11 is 0. The first-order valence-electron chi connectivity index (χ1n) is 4.53. The number of aliphatic hydroxyl groups excluding tert-OH is 2. The smallest absolute Gasteiger partial charge is 0.310 e. The molecule has 0 saturated carbocycles. The Balaban J connectivity index is 2.64. The van der Waals surface area contributed by atoms with Crippen molar-refractivity contribution < 1.29 is 24.9 Å². The predicted molar refractivity (Wildman–Crippen MR) is 48.7 cm³/mol. The molecule has 0 bridgehead atoms. The van der Waals surface area contributed by atoms with Crippen molar-refractivity contribution in [3.63, 3.8) is 0 Å². The van der Waals surface area contributed by atoms with Crippen molar-refractivity contribution in [3.8, 4) is 0 Å². The first-order valence-corrected chi connectivity index (χ1v) is 4.53. The molecule has 1 saturated heterocycles. The molecular formula is C8H14N2O5. The maximum absolute atomic E-state index is 10.7. The van der Waals surface area contributed by atoms with E-state index >= 15 is 0 Å². The van der Waals surface area contributed by atoms with Crippen LogP contribution in [0.25, 0.3) is 0 Å². The fourth-order valence-corrected chi connectivity index (χ4v) is 1.52. The van der Waals surface area contributed by atoms with Gasteiger partial charge in [0.1, 0.15) is 12.3 Å². The highest BCUT2D eigenvalue weighted by Gasteiger charge is 2.41. The second-order valence-electron chi connectivity index (χ2n) is 3.51. The zero-order valence-electron chi connectivity index (χ0n) is 8.17. The third-order valence-corrected chi connectivity index (χ3v) is 2.34. The molecule has 0 aromatic heterocycles. The summed E-state index contributed by atoms with van der Waals surface area (Å²) in [4.78, 5) is 21.4. The number of piperidine rings is 1. The van der Waals surface area contributed by atoms with E-state index in [9.17, 15) is 19.8 Å². The number of amides is 1. The van der Waals surface area contributed by atoms with Gasteiger partial charge >= 0.3 is 5.97 Å². The molecule has 1 rings (SSSR count). The lowest BCUT2D eigenvalue weighted by atomic mass is 9.92. The highest BCUT2D eigenvalue weighted by atomic mass is 16.4. The van der Waals surface area contributed by atoms with Gasteiger partial charge in [-0.3, -0.25) is 14.9 Å². The Hall–Kier alpha value is -1.18. The van der Waals surface area contributed by atoms with Gasteiger partial charge in [-0.1, -0.05) is 0 Å². The number of aliphatic hydroxyl groups is 2. The fraction of sp³-hybridized carbons (Fsp3) is 0.750. The van der Waals surface area contributed by atoms with Crippen molar-refractivity contribution in [2.45, 2.75) is 25.3 Å². The first kappa shape index (κ1) is 11.9. The fourth-order valence-electron chi connectivity index (χ4n) is 1.52. The quantitative estimate of drug-likeness (QED) is 0.349. The highest BCUT2D eigenvalue weighted by Crippen LogP contribution is 2.15. The van der Waals surface area contributed by atoms with Crippen LogP contribution in [0.4, 0.5) is 0 Å². The molecule has 4 atom stereocenters. The predicted octanol–water partition coefficient (Wildman–Crippen LogP) is -2.53. The SMILES string of the molecule is CC(=O)NC1NCC(C(=O)O)[C@H](O)[C@@H]1O. The van der Waals surface area contributed by atoms with Gasteiger partial charge in [0.15, 0.2) is 0 Å². The molecule has 1 amide bonds. The molecule has 1 heterocycles. The highest BCUT2D eigenvalue weighted by molar-refractivity contribution is 5.74. The van der Waals surface area contributed by atoms with E-state index in [4.69, 9.17) is 5.11 Å². The Labute approximate surface area is 86.1 Å². The van der Waals surface area contributed by atoms with Crippen molar-refractivity contribution in [1.82, 2.24) is 10.6 Å². The molecule has 0 radical (unpaired) electrons. The lowest BCUT2D eigenvalue weighted by Gasteiger charge is -2.36. The molecule has 2 unspecified atom stereocenters. The van der Waals surface area contributed by atoms with Gasteiger partial charge in [-0.2, -0.15) is 0 Å². The first-order chi connectivity index (χ1) is 6.93. The van der Waals surface area contributed by atoms with E-state index in [0.717, 1.165) is 0 Å². The van der Waals surface area contributed by atoms with Crippen molar-refractivity contribution >= 4 is 11.9 Å². The molecule has 1 fully saturated rings. The molecule has 5 N–H and O–H groups in total. The number of rotatable bonds is 2. The summed E-state index contributed by atoms with van der Waals surface area (Å²) < 4.78 is 0. The largest absolute Gasteiger partial charge is 0.481 e. The van der Waals surface area contributed by atoms with Crippen LogP contribution in [0.15, 0.2) is 0 Å². The number of carboxylic acids is 1. The van der Waals surface area contributed by atoms with Crippen LogP contribution in [0.1, 0.15) is 6.92 Å². The summed E-state index contributed by atoms with van der Waals surface area (Å²) in [6.45, 7) is 1.27. The maximum atomic E-state index is 10.7. The van der Waals surface area contributed by atoms with Crippen LogP contribution in [0, 0.1) is 5.92 Å². The van der Waals surface area contributed by atoms with Gasteiger partial charge < -0.3 is 20.6 Å². The normalized spacial score (nSPS) is 35.9. The number of carbonyl (C=O) groups excluding carboxylic acids is 1. The Morgan fingerprint density at radius 2 is 1.93 bits per heavy atom. The molecular weight excluding hydrogens is 204 g/mol. The van der Waals surface area contributed by atoms with Gasteiger partial charge in [0.05, 0.1) is 12.0 Å². The van der Waals surface area contributed by atoms with E-state index in [2.05, 4.69) is 10.6 Å². The summed E-state index contributed by atoms with van der Waals surface area (Å²) in [6, 6.07) is 0. The van der Waals surface area contributed by atoms with E-state index in [0.29, 0.717) is 0 Å². The molecule has 0 aliphatic carbocycles. The Morgan fingerprint density at radius 1 is 1.33 bits per heavy atom. The van der Waals surface area contributed by atoms with Crippen LogP contribution in [0.5, 0.6) is 0 Å². The standard InChI is InChI=1S/C8H14N2O5/c1-3(11)10-7-6(13)5(12)4(2-9-7)8(14)15/h4-7,9,12-13H,2H2,1H3,(H,10,11)(H,14,15)/t4?,5-,6-,7?/m0/s1. The third-order valence-electron chi connectivity index (χ3n) is 2.34. The zero-order chi connectivity index (χ0) is 11.6. The molecule has 0 spiro atoms. The molecule has 7 nitrogen and oxygen atoms in total. The van der Waals surface area contributed by atoms with E-state index in [-0.39, 0.29) is 12.5 Å². The summed E-state index contributed by atoms with van der Waals surface area (Å²) in [6.07, 6.45) is -3.53. The van der Waals surface area contributed by atoms with E-state index in [1.165, 1.54) is 6.92 Å². The lowest BCUT2D eigenvalue weighted by molar-refractivity contribution is -0.153. The van der Waals surface area contributed by atoms with E-state index in [1.54, 1.807) is 0 Å². The zero-order valence-corrected chi connectivity index (χ0v) is 8.17. The monoisotopic (exact) mass is 218 g/mol. The van der Waals surface area contributed by atoms with Crippen LogP contribution in [-0.4, -0.2) is 52.1 Å². The van der Waals surface area contributed by atoms with Crippen LogP contribution >= 0.6 is 0 Å². The van der Waals surface area contributed by atoms with Crippen LogP contribution in [-0.2, 0) is 9.59 Å². The van der Waals surface area contributed by atoms with Gasteiger partial charge in [-0.25, -0.2) is 0 Å². The number of hydrogen-bond donors (Lipinski definition) is 5. The topological polar surface area (TPSA) is 119 Å². The molecule has 86 valence electrons. The maximum Gasteiger partial charge on any atom is 0.310 e. The van der Waals surface area contributed by atoms with Gasteiger partial charge in [0.2, 0.25) is 5.91 Å². The Bertz CT molecular complexity index is 268. The van der Waals surface area contributed by atoms with Crippen molar-refractivity contribution in [2.75, 3.05) is 6.54 Å². The van der Waals surface area contributed by atoms with Crippen molar-refractivity contribution in [2.24, 2.45) is 5.92 Å². The van der Waals surface area contributed by atoms with Gasteiger partial charge in [-0.15, -0.1) is 0 Å². The van der Waals surface area contributed by atoms with Gasteiger partial charge in [0.25, 0.3) is 0 Å². The Morgan fingerprint density at radius 3 is 2.40 bits per heavy atom. The molecule has 7 heteroatoms. The number of carbonyl (C=O) groups is 2. The molecule has 15 heavy (non-hydrogen) atoms. The number of aliphatic carboxylic acids is 1. The average Bonchev–Trinajstić information content (AvgIpc) is 2.12. The second-order valence-corrected chi connectivity index (χ2v) is 3.51. The summed E-state index contributed by atoms with van der Waals surface area (Å²) in [5.74, 6) is -2.62. The van der Waals surface area contributed by atoms with Gasteiger partial charge in [0, 0.05) is 13.5 Å². The lowest BCUT2D eigenvalue weighted by Crippen LogP contribution is -2.64. The van der Waals surface area contributed by atoms with Crippen LogP contribution in [0.2, 0.25) is 0 Å². The molecule has 1 aliphatic rings. The molecule has 0 aromatic rings. The van der Waals surface area contributed by atoms with Crippen molar-refractivity contribution in [3.05, 3.63) is 0 Å². The summed E-state index contributed by atoms with van der Waals surface area (Å²) in [5, 5.41) is 32.7. The van der Waals surface area contributed by atoms with Crippen molar-refractivity contribution in [1.29, 1.82) is 0 Å². The minimum atomic E-state index is -1.39. The molecule has 1 aliphatic heterocycles. The molecule has 0 aromatic carbocycles. The van der Waals surface area contributed by atoms with Gasteiger partial charge in [-0.05, 0) is 0 Å². The summed E-state index contributed by atoms with van der Waals surface area (Å²) in [5.41, 5.74) is 0. The number of hydrogen-bond acceptors (Lipinski definition) is 5. The minimum Gasteiger partial charge on any atom is -0.481 e. The Kier molecular flexibility index (Phi) is 3.61. The van der Waals surface area contributed by atoms with E-state index in [1.807, 2.05) is 0 Å². The number of carboxylic acid groups (broad SMARTS) is 1. The van der Waals surface area contributed by atoms with Crippen LogP contribution < -0.4 is 10.6 Å². The average molecular weight is 218 g/mol. The minimum absolute atomic E-state index is 0.00148. The van der Waals surface area contributed by atoms with Crippen LogP contribution in [0.3, 0.4) is 0 Å².